The third kappa shape index (κ3) is 2.41. The van der Waals surface area contributed by atoms with Gasteiger partial charge in [-0.1, -0.05) is 0 Å². The van der Waals surface area contributed by atoms with E-state index in [0.717, 1.165) is 26.1 Å². The van der Waals surface area contributed by atoms with E-state index in [9.17, 15) is 0 Å². The third-order valence-corrected chi connectivity index (χ3v) is 2.59. The van der Waals surface area contributed by atoms with Gasteiger partial charge in [0.1, 0.15) is 11.9 Å². The lowest BCUT2D eigenvalue weighted by atomic mass is 10.1. The molecule has 2 heterocycles. The first-order valence-corrected chi connectivity index (χ1v) is 5.29. The molecule has 5 nitrogen and oxygen atoms in total. The maximum absolute atomic E-state index is 8.96. The van der Waals surface area contributed by atoms with Crippen molar-refractivity contribution in [2.75, 3.05) is 24.3 Å². The number of rotatable bonds is 2. The second-order valence-corrected chi connectivity index (χ2v) is 3.81. The minimum absolute atomic E-state index is 0.331. The Bertz CT molecular complexity index is 407. The highest BCUT2D eigenvalue weighted by atomic mass is 16.5. The number of pyridine rings is 1. The molecule has 84 valence electrons. The van der Waals surface area contributed by atoms with E-state index < -0.39 is 0 Å². The van der Waals surface area contributed by atoms with E-state index in [1.165, 1.54) is 0 Å². The predicted octanol–water partition coefficient (Wildman–Crippen LogP) is 1.13. The van der Waals surface area contributed by atoms with E-state index in [1.54, 1.807) is 12.3 Å². The summed E-state index contributed by atoms with van der Waals surface area (Å²) in [5.74, 6) is 0.614. The molecule has 0 aromatic carbocycles. The van der Waals surface area contributed by atoms with Crippen molar-refractivity contribution in [2.45, 2.75) is 18.9 Å². The monoisotopic (exact) mass is 218 g/mol. The van der Waals surface area contributed by atoms with Crippen LogP contribution in [0.2, 0.25) is 0 Å². The van der Waals surface area contributed by atoms with Crippen molar-refractivity contribution in [3.05, 3.63) is 17.8 Å². The van der Waals surface area contributed by atoms with Gasteiger partial charge in [0.15, 0.2) is 0 Å². The Morgan fingerprint density at radius 2 is 2.25 bits per heavy atom. The molecule has 2 rings (SSSR count). The number of nitrogens with one attached hydrogen (secondary N) is 1. The molecule has 1 aliphatic rings. The molecular formula is C11H14N4O. The van der Waals surface area contributed by atoms with Crippen molar-refractivity contribution in [2.24, 2.45) is 0 Å². The summed E-state index contributed by atoms with van der Waals surface area (Å²) in [5.41, 5.74) is 6.58. The SMILES string of the molecule is N#Cc1cc(N)cnc1NC1CCOCC1. The predicted molar refractivity (Wildman–Crippen MR) is 60.8 cm³/mol. The van der Waals surface area contributed by atoms with E-state index in [0.29, 0.717) is 23.1 Å². The zero-order chi connectivity index (χ0) is 11.4. The highest BCUT2D eigenvalue weighted by Gasteiger charge is 2.15. The average Bonchev–Trinajstić information content (AvgIpc) is 2.33. The summed E-state index contributed by atoms with van der Waals surface area (Å²) < 4.78 is 5.27. The number of nitrogens with zero attached hydrogens (tertiary/aromatic N) is 2. The smallest absolute Gasteiger partial charge is 0.144 e. The maximum atomic E-state index is 8.96. The molecule has 5 heteroatoms. The van der Waals surface area contributed by atoms with Gasteiger partial charge in [0.2, 0.25) is 0 Å². The van der Waals surface area contributed by atoms with Crippen molar-refractivity contribution in [1.29, 1.82) is 5.26 Å². The van der Waals surface area contributed by atoms with Crippen molar-refractivity contribution in [3.8, 4) is 6.07 Å². The van der Waals surface area contributed by atoms with E-state index in [2.05, 4.69) is 16.4 Å². The summed E-state index contributed by atoms with van der Waals surface area (Å²) in [5, 5.41) is 12.2. The number of nitriles is 1. The van der Waals surface area contributed by atoms with Crippen LogP contribution in [-0.4, -0.2) is 24.2 Å². The highest BCUT2D eigenvalue weighted by molar-refractivity contribution is 5.57. The van der Waals surface area contributed by atoms with Gasteiger partial charge in [0.25, 0.3) is 0 Å². The number of aromatic nitrogens is 1. The van der Waals surface area contributed by atoms with Gasteiger partial charge in [-0.05, 0) is 18.9 Å². The lowest BCUT2D eigenvalue weighted by Crippen LogP contribution is -2.28. The van der Waals surface area contributed by atoms with Crippen LogP contribution in [0.25, 0.3) is 0 Å². The second-order valence-electron chi connectivity index (χ2n) is 3.81. The Hall–Kier alpha value is -1.80. The van der Waals surface area contributed by atoms with Gasteiger partial charge in [-0.25, -0.2) is 4.98 Å². The Morgan fingerprint density at radius 1 is 1.50 bits per heavy atom. The van der Waals surface area contributed by atoms with E-state index in [4.69, 9.17) is 15.7 Å². The molecule has 16 heavy (non-hydrogen) atoms. The number of anilines is 2. The fourth-order valence-corrected chi connectivity index (χ4v) is 1.72. The molecule has 1 aromatic rings. The van der Waals surface area contributed by atoms with Crippen LogP contribution in [-0.2, 0) is 4.74 Å². The summed E-state index contributed by atoms with van der Waals surface area (Å²) in [6.07, 6.45) is 3.44. The van der Waals surface area contributed by atoms with Gasteiger partial charge in [0.05, 0.1) is 17.4 Å². The molecule has 1 aliphatic heterocycles. The molecular weight excluding hydrogens is 204 g/mol. The van der Waals surface area contributed by atoms with Gasteiger partial charge in [-0.3, -0.25) is 0 Å². The van der Waals surface area contributed by atoms with Crippen LogP contribution in [0.15, 0.2) is 12.3 Å². The summed E-state index contributed by atoms with van der Waals surface area (Å²) in [6, 6.07) is 4.05. The van der Waals surface area contributed by atoms with Gasteiger partial charge >= 0.3 is 0 Å². The molecule has 0 bridgehead atoms. The lowest BCUT2D eigenvalue weighted by Gasteiger charge is -2.23. The van der Waals surface area contributed by atoms with Gasteiger partial charge < -0.3 is 15.8 Å². The Balaban J connectivity index is 2.11. The van der Waals surface area contributed by atoms with E-state index in [1.807, 2.05) is 0 Å². The van der Waals surface area contributed by atoms with Crippen molar-refractivity contribution in [1.82, 2.24) is 4.98 Å². The lowest BCUT2D eigenvalue weighted by molar-refractivity contribution is 0.0904. The fourth-order valence-electron chi connectivity index (χ4n) is 1.72. The van der Waals surface area contributed by atoms with Gasteiger partial charge in [-0.15, -0.1) is 0 Å². The second kappa shape index (κ2) is 4.81. The number of hydrogen-bond donors (Lipinski definition) is 2. The number of ether oxygens (including phenoxy) is 1. The molecule has 0 radical (unpaired) electrons. The van der Waals surface area contributed by atoms with Crippen molar-refractivity contribution < 1.29 is 4.74 Å². The van der Waals surface area contributed by atoms with Crippen LogP contribution in [0.4, 0.5) is 11.5 Å². The zero-order valence-corrected chi connectivity index (χ0v) is 8.94. The molecule has 0 unspecified atom stereocenters. The number of nitrogen functional groups attached to an aromatic ring is 1. The third-order valence-electron chi connectivity index (χ3n) is 2.59. The van der Waals surface area contributed by atoms with Crippen LogP contribution in [0.1, 0.15) is 18.4 Å². The normalized spacial score (nSPS) is 16.7. The molecule has 0 aliphatic carbocycles. The number of hydrogen-bond acceptors (Lipinski definition) is 5. The topological polar surface area (TPSA) is 84.0 Å². The standard InChI is InChI=1S/C11H14N4O/c12-6-8-5-9(13)7-14-11(8)15-10-1-3-16-4-2-10/h5,7,10H,1-4,13H2,(H,14,15). The van der Waals surface area contributed by atoms with Gasteiger partial charge in [0, 0.05) is 19.3 Å². The van der Waals surface area contributed by atoms with Crippen LogP contribution in [0.3, 0.4) is 0 Å². The van der Waals surface area contributed by atoms with Crippen molar-refractivity contribution in [3.63, 3.8) is 0 Å². The van der Waals surface area contributed by atoms with Crippen molar-refractivity contribution >= 4 is 11.5 Å². The summed E-state index contributed by atoms with van der Waals surface area (Å²) >= 11 is 0. The Kier molecular flexibility index (Phi) is 3.22. The minimum Gasteiger partial charge on any atom is -0.397 e. The molecule has 0 spiro atoms. The quantitative estimate of drug-likeness (QED) is 0.777. The average molecular weight is 218 g/mol. The fraction of sp³-hybridized carbons (Fsp3) is 0.455. The van der Waals surface area contributed by atoms with Crippen LogP contribution in [0, 0.1) is 11.3 Å². The molecule has 0 atom stereocenters. The molecule has 3 N–H and O–H groups in total. The highest BCUT2D eigenvalue weighted by Crippen LogP contribution is 2.18. The zero-order valence-electron chi connectivity index (χ0n) is 8.94. The summed E-state index contributed by atoms with van der Waals surface area (Å²) in [7, 11) is 0. The van der Waals surface area contributed by atoms with Crippen LogP contribution < -0.4 is 11.1 Å². The molecule has 0 saturated carbocycles. The van der Waals surface area contributed by atoms with E-state index in [-0.39, 0.29) is 0 Å². The molecule has 1 aromatic heterocycles. The first kappa shape index (κ1) is 10.7. The molecule has 0 amide bonds. The van der Waals surface area contributed by atoms with Crippen LogP contribution >= 0.6 is 0 Å². The van der Waals surface area contributed by atoms with Crippen LogP contribution in [0.5, 0.6) is 0 Å². The minimum atomic E-state index is 0.331. The van der Waals surface area contributed by atoms with E-state index >= 15 is 0 Å². The van der Waals surface area contributed by atoms with Gasteiger partial charge in [-0.2, -0.15) is 5.26 Å². The summed E-state index contributed by atoms with van der Waals surface area (Å²) in [4.78, 5) is 4.14. The summed E-state index contributed by atoms with van der Waals surface area (Å²) in [6.45, 7) is 1.52. The first-order valence-electron chi connectivity index (χ1n) is 5.29. The molecule has 1 fully saturated rings. The number of nitrogens with two attached hydrogens (primary N) is 1. The molecule has 1 saturated heterocycles. The first-order chi connectivity index (χ1) is 7.79. The largest absolute Gasteiger partial charge is 0.397 e. The maximum Gasteiger partial charge on any atom is 0.144 e. The Labute approximate surface area is 94.2 Å². The Morgan fingerprint density at radius 3 is 2.94 bits per heavy atom.